The number of carbonyl (C=O) groups excluding carboxylic acids is 4. The van der Waals surface area contributed by atoms with Crippen LogP contribution in [-0.4, -0.2) is 63.6 Å². The number of aromatic amines is 1. The van der Waals surface area contributed by atoms with E-state index in [9.17, 15) is 19.2 Å². The predicted octanol–water partition coefficient (Wildman–Crippen LogP) is 6.74. The van der Waals surface area contributed by atoms with Crippen molar-refractivity contribution in [2.24, 2.45) is 0 Å². The van der Waals surface area contributed by atoms with Gasteiger partial charge in [0, 0.05) is 41.1 Å². The highest BCUT2D eigenvalue weighted by atomic mass is 16.2. The van der Waals surface area contributed by atoms with Crippen LogP contribution in [0.25, 0.3) is 22.2 Å². The third-order valence-electron chi connectivity index (χ3n) is 10.1. The smallest absolute Gasteiger partial charge is 0.247 e. The molecule has 1 aromatic heterocycles. The molecule has 0 bridgehead atoms. The van der Waals surface area contributed by atoms with Gasteiger partial charge in [0.1, 0.15) is 12.1 Å². The van der Waals surface area contributed by atoms with Crippen LogP contribution in [0.4, 0.5) is 11.4 Å². The maximum atomic E-state index is 13.5. The van der Waals surface area contributed by atoms with Crippen LogP contribution < -0.4 is 10.6 Å². The Bertz CT molecular complexity index is 2040. The highest BCUT2D eigenvalue weighted by molar-refractivity contribution is 6.01. The Labute approximate surface area is 298 Å². The number of nitrogens with one attached hydrogen (secondary N) is 3. The second kappa shape index (κ2) is 15.0. The van der Waals surface area contributed by atoms with Gasteiger partial charge in [0.15, 0.2) is 0 Å². The molecule has 2 aliphatic heterocycles. The number of aromatic nitrogens is 1. The molecule has 0 saturated carbocycles. The predicted molar refractivity (Wildman–Crippen MR) is 200 cm³/mol. The van der Waals surface area contributed by atoms with Crippen molar-refractivity contribution in [3.8, 4) is 11.3 Å². The Morgan fingerprint density at radius 2 is 1.18 bits per heavy atom. The lowest BCUT2D eigenvalue weighted by molar-refractivity contribution is -0.136. The van der Waals surface area contributed by atoms with Crippen molar-refractivity contribution in [3.05, 3.63) is 120 Å². The van der Waals surface area contributed by atoms with Crippen LogP contribution in [0.15, 0.2) is 103 Å². The van der Waals surface area contributed by atoms with Crippen LogP contribution >= 0.6 is 0 Å². The van der Waals surface area contributed by atoms with Crippen molar-refractivity contribution < 1.29 is 19.2 Å². The molecule has 0 radical (unpaired) electrons. The minimum absolute atomic E-state index is 0.0297. The molecule has 0 unspecified atom stereocenters. The Morgan fingerprint density at radius 3 is 1.71 bits per heavy atom. The van der Waals surface area contributed by atoms with Crippen molar-refractivity contribution >= 4 is 45.9 Å². The lowest BCUT2D eigenvalue weighted by Crippen LogP contribution is -2.43. The number of likely N-dealkylation sites (tertiary alicyclic amines) is 2. The third-order valence-corrected chi connectivity index (χ3v) is 10.1. The van der Waals surface area contributed by atoms with Gasteiger partial charge in [-0.2, -0.15) is 0 Å². The summed E-state index contributed by atoms with van der Waals surface area (Å²) in [5, 5.41) is 7.13. The molecule has 0 spiro atoms. The molecule has 2 atom stereocenters. The number of nitrogens with zero attached hydrogens (tertiary/aromatic N) is 2. The van der Waals surface area contributed by atoms with Crippen LogP contribution in [0.3, 0.4) is 0 Å². The van der Waals surface area contributed by atoms with Crippen molar-refractivity contribution in [2.45, 2.75) is 64.0 Å². The van der Waals surface area contributed by atoms with Crippen molar-refractivity contribution in [1.29, 1.82) is 0 Å². The van der Waals surface area contributed by atoms with Gasteiger partial charge < -0.3 is 25.4 Å². The average molecular weight is 682 g/mol. The average Bonchev–Trinajstić information content (AvgIpc) is 3.92. The second-order valence-corrected chi connectivity index (χ2v) is 13.5. The van der Waals surface area contributed by atoms with E-state index in [1.165, 1.54) is 0 Å². The topological polar surface area (TPSA) is 115 Å². The summed E-state index contributed by atoms with van der Waals surface area (Å²) in [7, 11) is 0. The highest BCUT2D eigenvalue weighted by Crippen LogP contribution is 2.33. The van der Waals surface area contributed by atoms with Gasteiger partial charge in [0.25, 0.3) is 0 Å². The fourth-order valence-electron chi connectivity index (χ4n) is 7.53. The Kier molecular flexibility index (Phi) is 9.97. The normalized spacial score (nSPS) is 17.1. The minimum atomic E-state index is -0.491. The molecular formula is C42H43N5O4. The molecule has 3 heterocycles. The highest BCUT2D eigenvalue weighted by Gasteiger charge is 2.35. The molecule has 2 fully saturated rings. The van der Waals surface area contributed by atoms with E-state index < -0.39 is 12.1 Å². The minimum Gasteiger partial charge on any atom is -0.354 e. The zero-order chi connectivity index (χ0) is 35.3. The maximum absolute atomic E-state index is 13.5. The molecule has 9 heteroatoms. The molecule has 9 nitrogen and oxygen atoms in total. The number of aryl methyl sites for hydroxylation is 1. The largest absolute Gasteiger partial charge is 0.354 e. The third kappa shape index (κ3) is 7.43. The lowest BCUT2D eigenvalue weighted by atomic mass is 10.0. The van der Waals surface area contributed by atoms with E-state index in [1.807, 2.05) is 103 Å². The van der Waals surface area contributed by atoms with Gasteiger partial charge in [0.2, 0.25) is 23.6 Å². The summed E-state index contributed by atoms with van der Waals surface area (Å²) >= 11 is 0. The van der Waals surface area contributed by atoms with Crippen LogP contribution in [0.2, 0.25) is 0 Å². The fourth-order valence-corrected chi connectivity index (χ4v) is 7.53. The van der Waals surface area contributed by atoms with E-state index in [0.717, 1.165) is 58.1 Å². The van der Waals surface area contributed by atoms with E-state index in [2.05, 4.69) is 22.5 Å². The van der Waals surface area contributed by atoms with Crippen molar-refractivity contribution in [3.63, 3.8) is 0 Å². The molecule has 4 amide bonds. The summed E-state index contributed by atoms with van der Waals surface area (Å²) in [6.07, 6.45) is 4.23. The van der Waals surface area contributed by atoms with Crippen LogP contribution in [0.1, 0.15) is 49.3 Å². The monoisotopic (exact) mass is 681 g/mol. The van der Waals surface area contributed by atoms with Gasteiger partial charge in [-0.3, -0.25) is 19.2 Å². The first-order chi connectivity index (χ1) is 24.9. The number of H-pyrrole nitrogens is 1. The number of carbonyl (C=O) groups is 4. The molecule has 260 valence electrons. The zero-order valence-corrected chi connectivity index (χ0v) is 28.9. The second-order valence-electron chi connectivity index (χ2n) is 13.5. The number of benzene rings is 4. The molecule has 2 aliphatic rings. The summed E-state index contributed by atoms with van der Waals surface area (Å²) in [5.41, 5.74) is 7.29. The number of hydrogen-bond acceptors (Lipinski definition) is 4. The van der Waals surface area contributed by atoms with E-state index in [-0.39, 0.29) is 36.5 Å². The number of amides is 4. The van der Waals surface area contributed by atoms with Crippen molar-refractivity contribution in [2.75, 3.05) is 23.7 Å². The Morgan fingerprint density at radius 1 is 0.667 bits per heavy atom. The summed E-state index contributed by atoms with van der Waals surface area (Å²) in [5.74, 6) is -0.395. The number of anilines is 2. The molecule has 2 saturated heterocycles. The molecule has 5 aromatic rings. The Hall–Kier alpha value is -5.70. The summed E-state index contributed by atoms with van der Waals surface area (Å²) < 4.78 is 0. The Balaban J connectivity index is 1.01. The first kappa shape index (κ1) is 33.8. The fraction of sp³-hybridized carbons (Fsp3) is 0.286. The standard InChI is InChI=1S/C42H43N5O4/c1-2-33-34-27-32(44-42(51)37-16-10-24-47(37)39(49)26-29-13-7-4-8-14-29)21-22-35(34)45-40(33)30-17-19-31(20-18-30)43-41(50)36-15-9-23-46(36)38(48)25-28-11-5-3-6-12-28/h3-8,11-14,17-22,27,36-37,45H,2,9-10,15-16,23-26H2,1H3,(H,43,50)(H,44,51)/t36-,37-/m0/s1. The van der Waals surface area contributed by atoms with Crippen LogP contribution in [0.5, 0.6) is 0 Å². The molecule has 51 heavy (non-hydrogen) atoms. The van der Waals surface area contributed by atoms with Crippen LogP contribution in [-0.2, 0) is 38.4 Å². The van der Waals surface area contributed by atoms with E-state index >= 15 is 0 Å². The summed E-state index contributed by atoms with van der Waals surface area (Å²) in [6, 6.07) is 31.9. The SMILES string of the molecule is CCc1c(-c2ccc(NC(=O)[C@@H]3CCCN3C(=O)Cc3ccccc3)cc2)[nH]c2ccc(NC(=O)[C@@H]3CCCN3C(=O)Cc3ccccc3)cc12. The molecule has 7 rings (SSSR count). The lowest BCUT2D eigenvalue weighted by Gasteiger charge is -2.24. The molecule has 0 aliphatic carbocycles. The van der Waals surface area contributed by atoms with Gasteiger partial charge in [-0.05, 0) is 84.7 Å². The first-order valence-electron chi connectivity index (χ1n) is 17.9. The van der Waals surface area contributed by atoms with Gasteiger partial charge in [-0.15, -0.1) is 0 Å². The zero-order valence-electron chi connectivity index (χ0n) is 28.9. The first-order valence-corrected chi connectivity index (χ1v) is 17.9. The van der Waals surface area contributed by atoms with Gasteiger partial charge >= 0.3 is 0 Å². The number of fused-ring (bicyclic) bond motifs is 1. The molecular weight excluding hydrogens is 638 g/mol. The molecule has 3 N–H and O–H groups in total. The van der Waals surface area contributed by atoms with Gasteiger partial charge in [-0.1, -0.05) is 79.7 Å². The number of hydrogen-bond donors (Lipinski definition) is 3. The van der Waals surface area contributed by atoms with E-state index in [1.54, 1.807) is 9.80 Å². The number of rotatable bonds is 10. The summed E-state index contributed by atoms with van der Waals surface area (Å²) in [6.45, 7) is 3.27. The van der Waals surface area contributed by atoms with Gasteiger partial charge in [0.05, 0.1) is 12.8 Å². The van der Waals surface area contributed by atoms with E-state index in [4.69, 9.17) is 0 Å². The molecule has 4 aromatic carbocycles. The summed E-state index contributed by atoms with van der Waals surface area (Å²) in [4.78, 5) is 59.9. The quantitative estimate of drug-likeness (QED) is 0.152. The van der Waals surface area contributed by atoms with Crippen LogP contribution in [0, 0.1) is 0 Å². The van der Waals surface area contributed by atoms with Gasteiger partial charge in [-0.25, -0.2) is 0 Å². The van der Waals surface area contributed by atoms with Crippen molar-refractivity contribution in [1.82, 2.24) is 14.8 Å². The van der Waals surface area contributed by atoms with E-state index in [0.29, 0.717) is 37.3 Å². The maximum Gasteiger partial charge on any atom is 0.247 e.